The van der Waals surface area contributed by atoms with Gasteiger partial charge in [0, 0.05) is 23.2 Å². The quantitative estimate of drug-likeness (QED) is 0.640. The van der Waals surface area contributed by atoms with Crippen LogP contribution in [0.15, 0.2) is 48.5 Å². The number of rotatable bonds is 7. The number of phenolic OH excluding ortho intramolecular Hbond substituents is 1. The number of piperidine rings is 1. The van der Waals surface area contributed by atoms with Crippen LogP contribution in [0.25, 0.3) is 0 Å². The number of para-hydroxylation sites is 2. The number of hydrogen-bond acceptors (Lipinski definition) is 5. The zero-order chi connectivity index (χ0) is 22.2. The van der Waals surface area contributed by atoms with Crippen LogP contribution >= 0.6 is 11.6 Å². The van der Waals surface area contributed by atoms with E-state index < -0.39 is 0 Å². The molecule has 8 heteroatoms. The van der Waals surface area contributed by atoms with Gasteiger partial charge in [-0.2, -0.15) is 5.26 Å². The highest BCUT2D eigenvalue weighted by molar-refractivity contribution is 6.30. The van der Waals surface area contributed by atoms with Crippen LogP contribution in [0.5, 0.6) is 5.75 Å². The molecule has 0 radical (unpaired) electrons. The molecule has 1 fully saturated rings. The van der Waals surface area contributed by atoms with Crippen molar-refractivity contribution in [1.29, 1.82) is 5.26 Å². The second-order valence-electron chi connectivity index (χ2n) is 7.49. The fraction of sp³-hybridized carbons (Fsp3) is 0.348. The number of phenols is 1. The number of benzene rings is 2. The van der Waals surface area contributed by atoms with E-state index in [1.165, 1.54) is 6.07 Å². The minimum absolute atomic E-state index is 0.0392. The molecule has 2 aromatic carbocycles. The Balaban J connectivity index is 1.55. The molecule has 1 heterocycles. The molecule has 31 heavy (non-hydrogen) atoms. The van der Waals surface area contributed by atoms with Gasteiger partial charge in [0.2, 0.25) is 11.8 Å². The third kappa shape index (κ3) is 6.20. The number of nitrogens with zero attached hydrogens (tertiary/aromatic N) is 3. The van der Waals surface area contributed by atoms with E-state index in [2.05, 4.69) is 11.4 Å². The molecule has 1 aliphatic rings. The first-order chi connectivity index (χ1) is 15.0. The molecule has 1 saturated heterocycles. The van der Waals surface area contributed by atoms with Crippen LogP contribution < -0.4 is 10.2 Å². The number of hydrogen-bond donors (Lipinski definition) is 2. The van der Waals surface area contributed by atoms with E-state index in [-0.39, 0.29) is 36.4 Å². The van der Waals surface area contributed by atoms with Crippen molar-refractivity contribution in [1.82, 2.24) is 4.90 Å². The number of amides is 2. The van der Waals surface area contributed by atoms with E-state index in [1.807, 2.05) is 4.90 Å². The molecule has 2 aromatic rings. The molecule has 2 amide bonds. The van der Waals surface area contributed by atoms with Crippen LogP contribution in [-0.4, -0.2) is 48.0 Å². The third-order valence-electron chi connectivity index (χ3n) is 5.35. The summed E-state index contributed by atoms with van der Waals surface area (Å²) in [4.78, 5) is 29.1. The van der Waals surface area contributed by atoms with E-state index in [9.17, 15) is 14.7 Å². The molecule has 162 valence electrons. The zero-order valence-corrected chi connectivity index (χ0v) is 17.9. The maximum Gasteiger partial charge on any atom is 0.241 e. The Kier molecular flexibility index (Phi) is 7.88. The molecular formula is C23H25ClN4O3. The van der Waals surface area contributed by atoms with Crippen LogP contribution in [-0.2, 0) is 9.59 Å². The summed E-state index contributed by atoms with van der Waals surface area (Å²) in [6, 6.07) is 15.8. The molecule has 0 atom stereocenters. The topological polar surface area (TPSA) is 96.7 Å². The summed E-state index contributed by atoms with van der Waals surface area (Å²) < 4.78 is 0. The largest absolute Gasteiger partial charge is 0.506 e. The lowest BCUT2D eigenvalue weighted by Crippen LogP contribution is -2.45. The second-order valence-corrected chi connectivity index (χ2v) is 7.93. The standard InChI is InChI=1S/C23H25ClN4O3/c24-18-5-3-6-19(15-18)28(12-4-11-25)22(30)16-27-13-9-17(10-14-27)23(31)26-20-7-1-2-8-21(20)29/h1-3,5-8,15,17,29H,4,9-10,12-14,16H2,(H,26,31). The lowest BCUT2D eigenvalue weighted by atomic mass is 9.95. The molecule has 3 rings (SSSR count). The van der Waals surface area contributed by atoms with Gasteiger partial charge >= 0.3 is 0 Å². The van der Waals surface area contributed by atoms with Crippen LogP contribution in [0.2, 0.25) is 5.02 Å². The summed E-state index contributed by atoms with van der Waals surface area (Å²) in [6.45, 7) is 1.75. The summed E-state index contributed by atoms with van der Waals surface area (Å²) in [6.07, 6.45) is 1.48. The van der Waals surface area contributed by atoms with Crippen molar-refractivity contribution in [3.63, 3.8) is 0 Å². The molecule has 0 aliphatic carbocycles. The Morgan fingerprint density at radius 1 is 1.19 bits per heavy atom. The average Bonchev–Trinajstić information content (AvgIpc) is 2.76. The van der Waals surface area contributed by atoms with Crippen LogP contribution in [0.1, 0.15) is 19.3 Å². The predicted octanol–water partition coefficient (Wildman–Crippen LogP) is 3.64. The molecule has 0 unspecified atom stereocenters. The fourth-order valence-corrected chi connectivity index (χ4v) is 3.83. The van der Waals surface area contributed by atoms with Crippen molar-refractivity contribution in [2.45, 2.75) is 19.3 Å². The Morgan fingerprint density at radius 3 is 2.61 bits per heavy atom. The van der Waals surface area contributed by atoms with Crippen LogP contribution in [0, 0.1) is 17.2 Å². The lowest BCUT2D eigenvalue weighted by molar-refractivity contribution is -0.122. The molecule has 0 spiro atoms. The molecule has 2 N–H and O–H groups in total. The maximum atomic E-state index is 12.9. The minimum Gasteiger partial charge on any atom is -0.506 e. The van der Waals surface area contributed by atoms with Gasteiger partial charge < -0.3 is 15.3 Å². The van der Waals surface area contributed by atoms with Gasteiger partial charge in [0.1, 0.15) is 5.75 Å². The first-order valence-corrected chi connectivity index (χ1v) is 10.6. The van der Waals surface area contributed by atoms with Crippen molar-refractivity contribution in [2.24, 2.45) is 5.92 Å². The number of halogens is 1. The number of likely N-dealkylation sites (tertiary alicyclic amines) is 1. The van der Waals surface area contributed by atoms with Gasteiger partial charge in [-0.25, -0.2) is 0 Å². The number of nitriles is 1. The van der Waals surface area contributed by atoms with Gasteiger partial charge in [0.25, 0.3) is 0 Å². The Labute approximate surface area is 186 Å². The summed E-state index contributed by atoms with van der Waals surface area (Å²) in [5.41, 5.74) is 1.07. The monoisotopic (exact) mass is 440 g/mol. The number of carbonyl (C=O) groups excluding carboxylic acids is 2. The Morgan fingerprint density at radius 2 is 1.94 bits per heavy atom. The van der Waals surface area contributed by atoms with Crippen molar-refractivity contribution in [2.75, 3.05) is 36.4 Å². The number of carbonyl (C=O) groups is 2. The number of nitrogens with one attached hydrogen (secondary N) is 1. The highest BCUT2D eigenvalue weighted by Gasteiger charge is 2.27. The SMILES string of the molecule is N#CCCN(C(=O)CN1CCC(C(=O)Nc2ccccc2O)CC1)c1cccc(Cl)c1. The number of anilines is 2. The molecule has 0 saturated carbocycles. The highest BCUT2D eigenvalue weighted by Crippen LogP contribution is 2.25. The summed E-state index contributed by atoms with van der Waals surface area (Å²) in [7, 11) is 0. The molecule has 7 nitrogen and oxygen atoms in total. The van der Waals surface area contributed by atoms with Crippen molar-refractivity contribution >= 4 is 34.8 Å². The van der Waals surface area contributed by atoms with E-state index >= 15 is 0 Å². The fourth-order valence-electron chi connectivity index (χ4n) is 3.65. The molecule has 0 aromatic heterocycles. The van der Waals surface area contributed by atoms with Crippen molar-refractivity contribution < 1.29 is 14.7 Å². The first kappa shape index (κ1) is 22.6. The average molecular weight is 441 g/mol. The van der Waals surface area contributed by atoms with E-state index in [0.717, 1.165) is 0 Å². The smallest absolute Gasteiger partial charge is 0.241 e. The van der Waals surface area contributed by atoms with E-state index in [0.29, 0.717) is 48.9 Å². The molecular weight excluding hydrogens is 416 g/mol. The summed E-state index contributed by atoms with van der Waals surface area (Å²) in [5, 5.41) is 22.1. The minimum atomic E-state index is -0.173. The summed E-state index contributed by atoms with van der Waals surface area (Å²) in [5.74, 6) is -0.359. The van der Waals surface area contributed by atoms with Crippen LogP contribution in [0.4, 0.5) is 11.4 Å². The summed E-state index contributed by atoms with van der Waals surface area (Å²) >= 11 is 6.07. The van der Waals surface area contributed by atoms with Gasteiger partial charge in [0.05, 0.1) is 24.7 Å². The Hall–Kier alpha value is -3.08. The maximum absolute atomic E-state index is 12.9. The molecule has 0 bridgehead atoms. The first-order valence-electron chi connectivity index (χ1n) is 10.2. The van der Waals surface area contributed by atoms with E-state index in [1.54, 1.807) is 47.4 Å². The normalized spacial score (nSPS) is 14.6. The van der Waals surface area contributed by atoms with Crippen molar-refractivity contribution in [3.8, 4) is 11.8 Å². The van der Waals surface area contributed by atoms with Gasteiger partial charge in [-0.15, -0.1) is 0 Å². The van der Waals surface area contributed by atoms with Gasteiger partial charge in [-0.1, -0.05) is 29.8 Å². The Bertz CT molecular complexity index is 967. The van der Waals surface area contributed by atoms with Gasteiger partial charge in [0.15, 0.2) is 0 Å². The zero-order valence-electron chi connectivity index (χ0n) is 17.1. The van der Waals surface area contributed by atoms with Crippen molar-refractivity contribution in [3.05, 3.63) is 53.6 Å². The second kappa shape index (κ2) is 10.8. The lowest BCUT2D eigenvalue weighted by Gasteiger charge is -2.32. The highest BCUT2D eigenvalue weighted by atomic mass is 35.5. The van der Waals surface area contributed by atoms with Gasteiger partial charge in [-0.3, -0.25) is 14.5 Å². The van der Waals surface area contributed by atoms with E-state index in [4.69, 9.17) is 16.9 Å². The van der Waals surface area contributed by atoms with Gasteiger partial charge in [-0.05, 0) is 56.3 Å². The predicted molar refractivity (Wildman–Crippen MR) is 120 cm³/mol. The third-order valence-corrected chi connectivity index (χ3v) is 5.58. The molecule has 1 aliphatic heterocycles. The number of aromatic hydroxyl groups is 1. The van der Waals surface area contributed by atoms with Crippen LogP contribution in [0.3, 0.4) is 0 Å².